The van der Waals surface area contributed by atoms with E-state index in [-0.39, 0.29) is 11.9 Å². The second-order valence-electron chi connectivity index (χ2n) is 3.75. The first-order valence-electron chi connectivity index (χ1n) is 5.48. The lowest BCUT2D eigenvalue weighted by atomic mass is 10.1. The molecule has 1 aromatic heterocycles. The first kappa shape index (κ1) is 12.6. The van der Waals surface area contributed by atoms with E-state index in [0.29, 0.717) is 12.1 Å². The molecule has 6 nitrogen and oxygen atoms in total. The molecule has 0 saturated carbocycles. The van der Waals surface area contributed by atoms with Crippen LogP contribution >= 0.6 is 0 Å². The summed E-state index contributed by atoms with van der Waals surface area (Å²) in [5.74, 6) is -0.0288. The van der Waals surface area contributed by atoms with Crippen molar-refractivity contribution in [3.8, 4) is 0 Å². The van der Waals surface area contributed by atoms with E-state index in [1.807, 2.05) is 6.92 Å². The topological polar surface area (TPSA) is 73.0 Å². The van der Waals surface area contributed by atoms with Crippen LogP contribution in [-0.2, 0) is 13.5 Å². The molecule has 1 rings (SSSR count). The second-order valence-corrected chi connectivity index (χ2v) is 3.75. The third kappa shape index (κ3) is 2.79. The van der Waals surface area contributed by atoms with Gasteiger partial charge in [-0.05, 0) is 22.9 Å². The molecule has 0 radical (unpaired) electrons. The molecule has 1 N–H and O–H groups in total. The SMILES string of the molecule is CCNC(CC)Cc1c([N+](=O)[O-])ncn1C. The quantitative estimate of drug-likeness (QED) is 0.585. The largest absolute Gasteiger partial charge is 0.384 e. The summed E-state index contributed by atoms with van der Waals surface area (Å²) in [6, 6.07) is 0.263. The van der Waals surface area contributed by atoms with Gasteiger partial charge in [0.15, 0.2) is 0 Å². The summed E-state index contributed by atoms with van der Waals surface area (Å²) >= 11 is 0. The molecular formula is C10H18N4O2. The Hall–Kier alpha value is -1.43. The van der Waals surface area contributed by atoms with E-state index in [2.05, 4.69) is 17.2 Å². The Bertz CT molecular complexity index is 362. The maximum absolute atomic E-state index is 10.8. The standard InChI is InChI=1S/C10H18N4O2/c1-4-8(11-5-2)6-9-10(14(15)16)12-7-13(9)3/h7-8,11H,4-6H2,1-3H3. The Morgan fingerprint density at radius 2 is 2.31 bits per heavy atom. The summed E-state index contributed by atoms with van der Waals surface area (Å²) in [5, 5.41) is 14.1. The van der Waals surface area contributed by atoms with E-state index in [9.17, 15) is 10.1 Å². The van der Waals surface area contributed by atoms with Crippen molar-refractivity contribution in [2.75, 3.05) is 6.54 Å². The van der Waals surface area contributed by atoms with Crippen molar-refractivity contribution in [1.29, 1.82) is 0 Å². The predicted octanol–water partition coefficient (Wildman–Crippen LogP) is 1.26. The van der Waals surface area contributed by atoms with Crippen molar-refractivity contribution < 1.29 is 4.92 Å². The third-order valence-electron chi connectivity index (χ3n) is 2.64. The summed E-state index contributed by atoms with van der Waals surface area (Å²) in [7, 11) is 1.79. The van der Waals surface area contributed by atoms with Gasteiger partial charge in [0.25, 0.3) is 0 Å². The highest BCUT2D eigenvalue weighted by Crippen LogP contribution is 2.17. The number of imidazole rings is 1. The van der Waals surface area contributed by atoms with E-state index in [4.69, 9.17) is 0 Å². The normalized spacial score (nSPS) is 12.7. The third-order valence-corrected chi connectivity index (χ3v) is 2.64. The first-order valence-corrected chi connectivity index (χ1v) is 5.48. The zero-order chi connectivity index (χ0) is 12.1. The van der Waals surface area contributed by atoms with E-state index >= 15 is 0 Å². The fourth-order valence-corrected chi connectivity index (χ4v) is 1.71. The highest BCUT2D eigenvalue weighted by Gasteiger charge is 2.22. The van der Waals surface area contributed by atoms with Gasteiger partial charge in [-0.2, -0.15) is 0 Å². The Morgan fingerprint density at radius 1 is 1.62 bits per heavy atom. The predicted molar refractivity (Wildman–Crippen MR) is 61.3 cm³/mol. The smallest absolute Gasteiger partial charge is 0.358 e. The monoisotopic (exact) mass is 226 g/mol. The lowest BCUT2D eigenvalue weighted by Gasteiger charge is -2.15. The number of aromatic nitrogens is 2. The number of hydrogen-bond acceptors (Lipinski definition) is 4. The molecule has 90 valence electrons. The summed E-state index contributed by atoms with van der Waals surface area (Å²) in [6.07, 6.45) is 3.07. The molecule has 6 heteroatoms. The van der Waals surface area contributed by atoms with Gasteiger partial charge in [-0.25, -0.2) is 0 Å². The van der Waals surface area contributed by atoms with Gasteiger partial charge in [0.2, 0.25) is 6.33 Å². The maximum Gasteiger partial charge on any atom is 0.384 e. The minimum Gasteiger partial charge on any atom is -0.358 e. The first-order chi connectivity index (χ1) is 7.60. The van der Waals surface area contributed by atoms with E-state index in [1.54, 1.807) is 11.6 Å². The number of aryl methyl sites for hydroxylation is 1. The molecule has 0 aliphatic rings. The molecule has 0 spiro atoms. The molecular weight excluding hydrogens is 208 g/mol. The van der Waals surface area contributed by atoms with Gasteiger partial charge >= 0.3 is 5.82 Å². The Morgan fingerprint density at radius 3 is 2.81 bits per heavy atom. The summed E-state index contributed by atoms with van der Waals surface area (Å²) in [6.45, 7) is 4.96. The van der Waals surface area contributed by atoms with Crippen molar-refractivity contribution in [1.82, 2.24) is 14.9 Å². The van der Waals surface area contributed by atoms with Crippen LogP contribution in [0.5, 0.6) is 0 Å². The fraction of sp³-hybridized carbons (Fsp3) is 0.700. The highest BCUT2D eigenvalue weighted by molar-refractivity contribution is 5.27. The molecule has 0 amide bonds. The Balaban J connectivity index is 2.85. The number of nitrogens with one attached hydrogen (secondary N) is 1. The van der Waals surface area contributed by atoms with Crippen LogP contribution in [0.25, 0.3) is 0 Å². The Labute approximate surface area is 94.8 Å². The average Bonchev–Trinajstić information content (AvgIpc) is 2.60. The maximum atomic E-state index is 10.8. The minimum atomic E-state index is -0.423. The molecule has 1 atom stereocenters. The van der Waals surface area contributed by atoms with Crippen LogP contribution in [0, 0.1) is 10.1 Å². The van der Waals surface area contributed by atoms with E-state index in [0.717, 1.165) is 13.0 Å². The van der Waals surface area contributed by atoms with Gasteiger partial charge in [-0.15, -0.1) is 0 Å². The van der Waals surface area contributed by atoms with Crippen LogP contribution in [0.1, 0.15) is 26.0 Å². The molecule has 1 unspecified atom stereocenters. The van der Waals surface area contributed by atoms with E-state index < -0.39 is 4.92 Å². The molecule has 0 saturated heterocycles. The van der Waals surface area contributed by atoms with Crippen LogP contribution in [0.3, 0.4) is 0 Å². The average molecular weight is 226 g/mol. The highest BCUT2D eigenvalue weighted by atomic mass is 16.6. The van der Waals surface area contributed by atoms with Gasteiger partial charge in [0.1, 0.15) is 5.69 Å². The molecule has 1 aromatic rings. The molecule has 0 fully saturated rings. The summed E-state index contributed by atoms with van der Waals surface area (Å²) in [5.41, 5.74) is 0.679. The molecule has 0 aliphatic heterocycles. The molecule has 1 heterocycles. The van der Waals surface area contributed by atoms with Gasteiger partial charge in [-0.1, -0.05) is 13.8 Å². The van der Waals surface area contributed by atoms with Crippen molar-refractivity contribution in [3.63, 3.8) is 0 Å². The van der Waals surface area contributed by atoms with Crippen LogP contribution in [0.4, 0.5) is 5.82 Å². The number of likely N-dealkylation sites (N-methyl/N-ethyl adjacent to an activating group) is 1. The molecule has 0 aliphatic carbocycles. The van der Waals surface area contributed by atoms with Crippen molar-refractivity contribution in [2.24, 2.45) is 7.05 Å². The minimum absolute atomic E-state index is 0.0288. The van der Waals surface area contributed by atoms with Crippen molar-refractivity contribution >= 4 is 5.82 Å². The van der Waals surface area contributed by atoms with Gasteiger partial charge in [-0.3, -0.25) is 0 Å². The van der Waals surface area contributed by atoms with Crippen LogP contribution < -0.4 is 5.32 Å². The van der Waals surface area contributed by atoms with Crippen LogP contribution in [-0.4, -0.2) is 27.1 Å². The van der Waals surface area contributed by atoms with Crippen molar-refractivity contribution in [3.05, 3.63) is 22.1 Å². The van der Waals surface area contributed by atoms with Crippen molar-refractivity contribution in [2.45, 2.75) is 32.7 Å². The number of hydrogen-bond donors (Lipinski definition) is 1. The molecule has 0 aromatic carbocycles. The zero-order valence-electron chi connectivity index (χ0n) is 9.93. The van der Waals surface area contributed by atoms with Gasteiger partial charge in [0, 0.05) is 19.5 Å². The molecule has 16 heavy (non-hydrogen) atoms. The Kier molecular flexibility index (Phi) is 4.42. The van der Waals surface area contributed by atoms with E-state index in [1.165, 1.54) is 6.33 Å². The zero-order valence-corrected chi connectivity index (χ0v) is 9.93. The van der Waals surface area contributed by atoms with Gasteiger partial charge in [0.05, 0.1) is 0 Å². The lowest BCUT2D eigenvalue weighted by Crippen LogP contribution is -2.31. The number of nitrogens with zero attached hydrogens (tertiary/aromatic N) is 3. The van der Waals surface area contributed by atoms with Gasteiger partial charge < -0.3 is 20.0 Å². The number of rotatable bonds is 6. The van der Waals surface area contributed by atoms with Crippen LogP contribution in [0.2, 0.25) is 0 Å². The lowest BCUT2D eigenvalue weighted by molar-refractivity contribution is -0.390. The number of nitro groups is 1. The summed E-state index contributed by atoms with van der Waals surface area (Å²) in [4.78, 5) is 14.1. The fourth-order valence-electron chi connectivity index (χ4n) is 1.71. The van der Waals surface area contributed by atoms with Crippen LogP contribution in [0.15, 0.2) is 6.33 Å². The summed E-state index contributed by atoms with van der Waals surface area (Å²) < 4.78 is 1.72. The molecule has 0 bridgehead atoms. The second kappa shape index (κ2) is 5.60.